The normalized spacial score (nSPS) is 13.0. The summed E-state index contributed by atoms with van der Waals surface area (Å²) in [7, 11) is 0. The Bertz CT molecular complexity index is 486. The second kappa shape index (κ2) is 7.50. The van der Waals surface area contributed by atoms with E-state index in [2.05, 4.69) is 5.32 Å². The number of amides is 1. The molecular weight excluding hydrogens is 286 g/mol. The largest absolute Gasteiger partial charge is 0.480 e. The van der Waals surface area contributed by atoms with E-state index >= 15 is 0 Å². The van der Waals surface area contributed by atoms with Crippen molar-refractivity contribution in [3.05, 3.63) is 30.3 Å². The first-order valence-corrected chi connectivity index (χ1v) is 8.00. The number of carboxylic acid groups (broad SMARTS) is 1. The highest BCUT2D eigenvalue weighted by molar-refractivity contribution is 8.00. The fourth-order valence-electron chi connectivity index (χ4n) is 1.73. The minimum atomic E-state index is -0.825. The van der Waals surface area contributed by atoms with Crippen molar-refractivity contribution in [2.45, 2.75) is 32.9 Å². The maximum absolute atomic E-state index is 12.3. The highest BCUT2D eigenvalue weighted by atomic mass is 32.2. The van der Waals surface area contributed by atoms with E-state index in [9.17, 15) is 14.7 Å². The lowest BCUT2D eigenvalue weighted by Gasteiger charge is -2.26. The lowest BCUT2D eigenvalue weighted by molar-refractivity contribution is -0.137. The molecular formula is C16H23NO3S. The number of hydrogen-bond donors (Lipinski definition) is 2. The molecule has 4 nitrogen and oxygen atoms in total. The highest BCUT2D eigenvalue weighted by Crippen LogP contribution is 2.29. The number of aliphatic carboxylic acids is 1. The summed E-state index contributed by atoms with van der Waals surface area (Å²) in [4.78, 5) is 23.5. The molecule has 0 aliphatic rings. The van der Waals surface area contributed by atoms with Gasteiger partial charge in [0.05, 0.1) is 5.41 Å². The number of benzene rings is 1. The van der Waals surface area contributed by atoms with E-state index in [0.717, 1.165) is 5.69 Å². The molecule has 21 heavy (non-hydrogen) atoms. The molecule has 0 aliphatic carbocycles. The van der Waals surface area contributed by atoms with Crippen LogP contribution in [0, 0.1) is 11.3 Å². The SMILES string of the molecule is CC(C)C(SCC(C)(C)C(=O)Nc1ccccc1)C(=O)O. The summed E-state index contributed by atoms with van der Waals surface area (Å²) in [5, 5.41) is 11.6. The molecule has 0 bridgehead atoms. The number of nitrogens with one attached hydrogen (secondary N) is 1. The van der Waals surface area contributed by atoms with E-state index < -0.39 is 16.6 Å². The molecule has 5 heteroatoms. The first-order chi connectivity index (χ1) is 9.74. The molecule has 0 radical (unpaired) electrons. The Morgan fingerprint density at radius 1 is 1.24 bits per heavy atom. The van der Waals surface area contributed by atoms with Crippen molar-refractivity contribution in [3.8, 4) is 0 Å². The van der Waals surface area contributed by atoms with Crippen molar-refractivity contribution in [1.82, 2.24) is 0 Å². The van der Waals surface area contributed by atoms with Crippen LogP contribution in [0.15, 0.2) is 30.3 Å². The van der Waals surface area contributed by atoms with Crippen LogP contribution in [0.3, 0.4) is 0 Å². The second-order valence-electron chi connectivity index (χ2n) is 6.02. The monoisotopic (exact) mass is 309 g/mol. The van der Waals surface area contributed by atoms with Crippen LogP contribution >= 0.6 is 11.8 Å². The van der Waals surface area contributed by atoms with Crippen molar-refractivity contribution in [2.75, 3.05) is 11.1 Å². The Hall–Kier alpha value is -1.49. The summed E-state index contributed by atoms with van der Waals surface area (Å²) in [5.41, 5.74) is 0.113. The third-order valence-electron chi connectivity index (χ3n) is 3.12. The van der Waals surface area contributed by atoms with Crippen LogP contribution in [0.2, 0.25) is 0 Å². The maximum Gasteiger partial charge on any atom is 0.316 e. The van der Waals surface area contributed by atoms with E-state index in [1.165, 1.54) is 11.8 Å². The molecule has 1 amide bonds. The number of hydrogen-bond acceptors (Lipinski definition) is 3. The summed E-state index contributed by atoms with van der Waals surface area (Å²) in [6, 6.07) is 9.26. The summed E-state index contributed by atoms with van der Waals surface area (Å²) in [5.74, 6) is -0.440. The summed E-state index contributed by atoms with van der Waals surface area (Å²) >= 11 is 1.32. The Kier molecular flexibility index (Phi) is 6.27. The average Bonchev–Trinajstić information content (AvgIpc) is 2.38. The van der Waals surface area contributed by atoms with Gasteiger partial charge < -0.3 is 10.4 Å². The number of carbonyl (C=O) groups excluding carboxylic acids is 1. The van der Waals surface area contributed by atoms with Gasteiger partial charge in [-0.3, -0.25) is 9.59 Å². The molecule has 0 saturated heterocycles. The minimum Gasteiger partial charge on any atom is -0.480 e. The minimum absolute atomic E-state index is 0.0282. The fraction of sp³-hybridized carbons (Fsp3) is 0.500. The molecule has 1 atom stereocenters. The van der Waals surface area contributed by atoms with Crippen LogP contribution in [0.1, 0.15) is 27.7 Å². The van der Waals surface area contributed by atoms with Gasteiger partial charge in [0.25, 0.3) is 0 Å². The second-order valence-corrected chi connectivity index (χ2v) is 7.15. The zero-order valence-electron chi connectivity index (χ0n) is 12.9. The molecule has 2 N–H and O–H groups in total. The van der Waals surface area contributed by atoms with Crippen LogP contribution in [-0.2, 0) is 9.59 Å². The zero-order valence-corrected chi connectivity index (χ0v) is 13.7. The zero-order chi connectivity index (χ0) is 16.0. The Morgan fingerprint density at radius 2 is 1.81 bits per heavy atom. The van der Waals surface area contributed by atoms with Gasteiger partial charge in [-0.15, -0.1) is 11.8 Å². The van der Waals surface area contributed by atoms with E-state index in [0.29, 0.717) is 5.75 Å². The molecule has 0 aromatic heterocycles. The van der Waals surface area contributed by atoms with Crippen molar-refractivity contribution in [1.29, 1.82) is 0 Å². The van der Waals surface area contributed by atoms with Gasteiger partial charge in [0, 0.05) is 11.4 Å². The summed E-state index contributed by atoms with van der Waals surface area (Å²) in [6.45, 7) is 7.42. The predicted octanol–water partition coefficient (Wildman–Crippen LogP) is 3.49. The highest BCUT2D eigenvalue weighted by Gasteiger charge is 2.31. The van der Waals surface area contributed by atoms with Crippen molar-refractivity contribution in [3.63, 3.8) is 0 Å². The fourth-order valence-corrected chi connectivity index (χ4v) is 2.99. The van der Waals surface area contributed by atoms with Gasteiger partial charge in [-0.05, 0) is 18.1 Å². The number of carboxylic acids is 1. The standard InChI is InChI=1S/C16H23NO3S/c1-11(2)13(14(18)19)21-10-16(3,4)15(20)17-12-8-6-5-7-9-12/h5-9,11,13H,10H2,1-4H3,(H,17,20)(H,18,19). The van der Waals surface area contributed by atoms with Crippen LogP contribution in [-0.4, -0.2) is 28.0 Å². The van der Waals surface area contributed by atoms with Crippen LogP contribution in [0.4, 0.5) is 5.69 Å². The van der Waals surface area contributed by atoms with Crippen LogP contribution in [0.25, 0.3) is 0 Å². The van der Waals surface area contributed by atoms with Gasteiger partial charge in [0.2, 0.25) is 5.91 Å². The number of thioether (sulfide) groups is 1. The van der Waals surface area contributed by atoms with E-state index in [1.807, 2.05) is 58.0 Å². The molecule has 0 heterocycles. The molecule has 0 aliphatic heterocycles. The molecule has 1 rings (SSSR count). The van der Waals surface area contributed by atoms with Gasteiger partial charge >= 0.3 is 5.97 Å². The molecule has 116 valence electrons. The van der Waals surface area contributed by atoms with E-state index in [4.69, 9.17) is 0 Å². The molecule has 1 aromatic rings. The van der Waals surface area contributed by atoms with E-state index in [1.54, 1.807) is 0 Å². The van der Waals surface area contributed by atoms with Crippen molar-refractivity contribution >= 4 is 29.3 Å². The first-order valence-electron chi connectivity index (χ1n) is 6.95. The Morgan fingerprint density at radius 3 is 2.29 bits per heavy atom. The topological polar surface area (TPSA) is 66.4 Å². The first kappa shape index (κ1) is 17.6. The Labute approximate surface area is 130 Å². The molecule has 1 aromatic carbocycles. The number of carbonyl (C=O) groups is 2. The van der Waals surface area contributed by atoms with Crippen molar-refractivity contribution < 1.29 is 14.7 Å². The van der Waals surface area contributed by atoms with Gasteiger partial charge in [-0.2, -0.15) is 0 Å². The van der Waals surface area contributed by atoms with Crippen LogP contribution in [0.5, 0.6) is 0 Å². The average molecular weight is 309 g/mol. The third kappa shape index (κ3) is 5.42. The quantitative estimate of drug-likeness (QED) is 0.809. The third-order valence-corrected chi connectivity index (χ3v) is 5.11. The van der Waals surface area contributed by atoms with Crippen LogP contribution < -0.4 is 5.32 Å². The van der Waals surface area contributed by atoms with Gasteiger partial charge in [-0.25, -0.2) is 0 Å². The Balaban J connectivity index is 2.63. The molecule has 0 fully saturated rings. The smallest absolute Gasteiger partial charge is 0.316 e. The molecule has 0 saturated carbocycles. The number of rotatable bonds is 7. The lowest BCUT2D eigenvalue weighted by Crippen LogP contribution is -2.35. The predicted molar refractivity (Wildman–Crippen MR) is 87.6 cm³/mol. The maximum atomic E-state index is 12.3. The van der Waals surface area contributed by atoms with Crippen molar-refractivity contribution in [2.24, 2.45) is 11.3 Å². The molecule has 0 spiro atoms. The number of para-hydroxylation sites is 1. The van der Waals surface area contributed by atoms with Gasteiger partial charge in [0.15, 0.2) is 0 Å². The van der Waals surface area contributed by atoms with Gasteiger partial charge in [-0.1, -0.05) is 45.9 Å². The van der Waals surface area contributed by atoms with E-state index in [-0.39, 0.29) is 11.8 Å². The molecule has 1 unspecified atom stereocenters. The number of anilines is 1. The lowest BCUT2D eigenvalue weighted by atomic mass is 9.95. The summed E-state index contributed by atoms with van der Waals surface area (Å²) in [6.07, 6.45) is 0. The summed E-state index contributed by atoms with van der Waals surface area (Å²) < 4.78 is 0. The van der Waals surface area contributed by atoms with Gasteiger partial charge in [0.1, 0.15) is 5.25 Å².